The summed E-state index contributed by atoms with van der Waals surface area (Å²) in [5.74, 6) is -0.168. The molecule has 0 bridgehead atoms. The summed E-state index contributed by atoms with van der Waals surface area (Å²) in [5.41, 5.74) is 1.75. The third-order valence-corrected chi connectivity index (χ3v) is 7.57. The molecule has 2 aromatic heterocycles. The standard InChI is InChI=1S/C22H25ClN6O3S/c1-15-18(33-20(24-15)16-3-5-17(23)6-4-16)11-26-7-9-27(10-8-26)13-22(2)14-28-12-19(29(30)31)25-21(28)32-22/h3-6,12H,7-11,13-14H2,1-2H3/t22-/m0/s1. The van der Waals surface area contributed by atoms with Crippen molar-refractivity contribution in [3.8, 4) is 16.6 Å². The van der Waals surface area contributed by atoms with Gasteiger partial charge in [0, 0.05) is 59.7 Å². The lowest BCUT2D eigenvalue weighted by Gasteiger charge is -2.37. The van der Waals surface area contributed by atoms with E-state index in [0.29, 0.717) is 12.6 Å². The fourth-order valence-electron chi connectivity index (χ4n) is 4.44. The second-order valence-corrected chi connectivity index (χ2v) is 10.4. The van der Waals surface area contributed by atoms with E-state index >= 15 is 0 Å². The number of nitro groups is 1. The molecule has 11 heteroatoms. The average Bonchev–Trinajstić information content (AvgIpc) is 3.41. The van der Waals surface area contributed by atoms with E-state index < -0.39 is 10.5 Å². The van der Waals surface area contributed by atoms with Crippen molar-refractivity contribution in [2.45, 2.75) is 32.5 Å². The summed E-state index contributed by atoms with van der Waals surface area (Å²) in [6.07, 6.45) is 1.45. The number of piperazine rings is 1. The maximum absolute atomic E-state index is 10.9. The Morgan fingerprint density at radius 2 is 1.88 bits per heavy atom. The fraction of sp³-hybridized carbons (Fsp3) is 0.455. The van der Waals surface area contributed by atoms with E-state index in [9.17, 15) is 10.1 Å². The minimum Gasteiger partial charge on any atom is -0.436 e. The lowest BCUT2D eigenvalue weighted by atomic mass is 10.1. The van der Waals surface area contributed by atoms with Crippen LogP contribution in [0.5, 0.6) is 6.01 Å². The summed E-state index contributed by atoms with van der Waals surface area (Å²) in [7, 11) is 0. The van der Waals surface area contributed by atoms with Crippen LogP contribution in [0.2, 0.25) is 5.02 Å². The van der Waals surface area contributed by atoms with Gasteiger partial charge in [0.15, 0.2) is 0 Å². The van der Waals surface area contributed by atoms with Gasteiger partial charge >= 0.3 is 11.8 Å². The molecule has 0 N–H and O–H groups in total. The lowest BCUT2D eigenvalue weighted by Crippen LogP contribution is -2.52. The van der Waals surface area contributed by atoms with Gasteiger partial charge in [0.2, 0.25) is 0 Å². The highest BCUT2D eigenvalue weighted by atomic mass is 35.5. The van der Waals surface area contributed by atoms with Gasteiger partial charge < -0.3 is 14.9 Å². The van der Waals surface area contributed by atoms with Crippen molar-refractivity contribution in [1.29, 1.82) is 0 Å². The summed E-state index contributed by atoms with van der Waals surface area (Å²) >= 11 is 7.76. The van der Waals surface area contributed by atoms with E-state index in [2.05, 4.69) is 21.7 Å². The summed E-state index contributed by atoms with van der Waals surface area (Å²) in [6.45, 7) is 10.2. The topological polar surface area (TPSA) is 89.6 Å². The van der Waals surface area contributed by atoms with Crippen molar-refractivity contribution in [2.75, 3.05) is 32.7 Å². The first-order valence-electron chi connectivity index (χ1n) is 10.9. The average molecular weight is 489 g/mol. The molecule has 0 saturated carbocycles. The van der Waals surface area contributed by atoms with Crippen LogP contribution in [-0.2, 0) is 13.1 Å². The molecule has 4 heterocycles. The summed E-state index contributed by atoms with van der Waals surface area (Å²) in [5, 5.41) is 12.7. The van der Waals surface area contributed by atoms with Crippen molar-refractivity contribution in [1.82, 2.24) is 24.3 Å². The zero-order valence-electron chi connectivity index (χ0n) is 18.5. The minimum atomic E-state index is -0.492. The number of benzene rings is 1. The Balaban J connectivity index is 1.15. The molecule has 0 aliphatic carbocycles. The van der Waals surface area contributed by atoms with Crippen LogP contribution in [0.15, 0.2) is 30.5 Å². The van der Waals surface area contributed by atoms with E-state index in [1.54, 1.807) is 15.9 Å². The molecule has 174 valence electrons. The Morgan fingerprint density at radius 1 is 1.18 bits per heavy atom. The zero-order chi connectivity index (χ0) is 23.2. The first-order valence-corrected chi connectivity index (χ1v) is 12.0. The van der Waals surface area contributed by atoms with Crippen LogP contribution in [0.3, 0.4) is 0 Å². The normalized spacial score (nSPS) is 21.2. The summed E-state index contributed by atoms with van der Waals surface area (Å²) < 4.78 is 7.73. The maximum Gasteiger partial charge on any atom is 0.415 e. The van der Waals surface area contributed by atoms with Crippen molar-refractivity contribution in [3.63, 3.8) is 0 Å². The molecule has 0 amide bonds. The number of imidazole rings is 1. The lowest BCUT2D eigenvalue weighted by molar-refractivity contribution is -0.389. The smallest absolute Gasteiger partial charge is 0.415 e. The molecule has 9 nitrogen and oxygen atoms in total. The number of ether oxygens (including phenoxy) is 1. The Hall–Kier alpha value is -2.53. The number of thiazole rings is 1. The van der Waals surface area contributed by atoms with Crippen LogP contribution >= 0.6 is 22.9 Å². The van der Waals surface area contributed by atoms with Crippen molar-refractivity contribution >= 4 is 28.8 Å². The van der Waals surface area contributed by atoms with Crippen LogP contribution in [0.4, 0.5) is 5.82 Å². The summed E-state index contributed by atoms with van der Waals surface area (Å²) in [4.78, 5) is 25.3. The number of halogens is 1. The monoisotopic (exact) mass is 488 g/mol. The van der Waals surface area contributed by atoms with Crippen LogP contribution in [0, 0.1) is 17.0 Å². The molecule has 5 rings (SSSR count). The van der Waals surface area contributed by atoms with E-state index in [1.165, 1.54) is 11.1 Å². The number of aryl methyl sites for hydroxylation is 1. The van der Waals surface area contributed by atoms with Gasteiger partial charge in [-0.25, -0.2) is 4.98 Å². The molecule has 1 aromatic carbocycles. The second kappa shape index (κ2) is 8.68. The molecule has 33 heavy (non-hydrogen) atoms. The molecule has 0 unspecified atom stereocenters. The van der Waals surface area contributed by atoms with Gasteiger partial charge in [-0.1, -0.05) is 23.7 Å². The van der Waals surface area contributed by atoms with E-state index in [4.69, 9.17) is 21.3 Å². The molecular formula is C22H25ClN6O3S. The molecule has 2 aliphatic rings. The quantitative estimate of drug-likeness (QED) is 0.384. The highest BCUT2D eigenvalue weighted by Gasteiger charge is 2.41. The molecule has 1 fully saturated rings. The van der Waals surface area contributed by atoms with Crippen LogP contribution in [0.25, 0.3) is 10.6 Å². The molecule has 2 aliphatic heterocycles. The largest absolute Gasteiger partial charge is 0.436 e. The predicted molar refractivity (Wildman–Crippen MR) is 127 cm³/mol. The number of fused-ring (bicyclic) bond motifs is 1. The number of rotatable bonds is 6. The van der Waals surface area contributed by atoms with Crippen molar-refractivity contribution < 1.29 is 9.66 Å². The molecular weight excluding hydrogens is 464 g/mol. The highest BCUT2D eigenvalue weighted by molar-refractivity contribution is 7.15. The number of nitrogens with zero attached hydrogens (tertiary/aromatic N) is 6. The summed E-state index contributed by atoms with van der Waals surface area (Å²) in [6, 6.07) is 8.16. The van der Waals surface area contributed by atoms with Gasteiger partial charge in [-0.2, -0.15) is 0 Å². The Bertz CT molecular complexity index is 1150. The highest BCUT2D eigenvalue weighted by Crippen LogP contribution is 2.32. The van der Waals surface area contributed by atoms with Crippen LogP contribution in [0.1, 0.15) is 17.5 Å². The SMILES string of the molecule is Cc1nc(-c2ccc(Cl)cc2)sc1CN1CCN(C[C@@]2(C)Cn3cc([N+](=O)[O-])nc3O2)CC1. The first-order chi connectivity index (χ1) is 15.8. The molecule has 0 spiro atoms. The third kappa shape index (κ3) is 4.74. The van der Waals surface area contributed by atoms with Crippen molar-refractivity contribution in [2.24, 2.45) is 0 Å². The molecule has 1 saturated heterocycles. The van der Waals surface area contributed by atoms with Gasteiger partial charge in [0.1, 0.15) is 16.8 Å². The van der Waals surface area contributed by atoms with E-state index in [-0.39, 0.29) is 5.82 Å². The minimum absolute atomic E-state index is 0.168. The molecule has 1 atom stereocenters. The Morgan fingerprint density at radius 3 is 2.55 bits per heavy atom. The number of hydrogen-bond donors (Lipinski definition) is 0. The molecule has 3 aromatic rings. The van der Waals surface area contributed by atoms with E-state index in [1.807, 2.05) is 31.2 Å². The first kappa shape index (κ1) is 22.3. The van der Waals surface area contributed by atoms with Gasteiger partial charge in [0.25, 0.3) is 0 Å². The van der Waals surface area contributed by atoms with Gasteiger partial charge in [-0.15, -0.1) is 11.3 Å². The fourth-order valence-corrected chi connectivity index (χ4v) is 5.67. The van der Waals surface area contributed by atoms with Crippen molar-refractivity contribution in [3.05, 3.63) is 56.2 Å². The predicted octanol–water partition coefficient (Wildman–Crippen LogP) is 3.85. The van der Waals surface area contributed by atoms with Crippen LogP contribution < -0.4 is 4.74 Å². The van der Waals surface area contributed by atoms with Gasteiger partial charge in [-0.3, -0.25) is 14.4 Å². The maximum atomic E-state index is 10.9. The zero-order valence-corrected chi connectivity index (χ0v) is 20.1. The van der Waals surface area contributed by atoms with E-state index in [0.717, 1.165) is 60.6 Å². The number of aromatic nitrogens is 3. The van der Waals surface area contributed by atoms with Gasteiger partial charge in [0.05, 0.1) is 12.2 Å². The van der Waals surface area contributed by atoms with Gasteiger partial charge in [-0.05, 0) is 30.9 Å². The Kier molecular flexibility index (Phi) is 5.86. The third-order valence-electron chi connectivity index (χ3n) is 6.13. The number of hydrogen-bond acceptors (Lipinski definition) is 8. The second-order valence-electron chi connectivity index (χ2n) is 8.91. The van der Waals surface area contributed by atoms with Crippen LogP contribution in [-0.4, -0.2) is 67.6 Å². The Labute approximate surface area is 200 Å². The molecule has 0 radical (unpaired) electrons.